The lowest BCUT2D eigenvalue weighted by Gasteiger charge is -2.09. The van der Waals surface area contributed by atoms with Crippen LogP contribution in [0.3, 0.4) is 0 Å². The zero-order valence-corrected chi connectivity index (χ0v) is 13.0. The van der Waals surface area contributed by atoms with Gasteiger partial charge in [-0.3, -0.25) is 5.10 Å². The Bertz CT molecular complexity index is 844. The summed E-state index contributed by atoms with van der Waals surface area (Å²) in [7, 11) is 0. The number of alkyl halides is 3. The molecular weight excluding hydrogens is 327 g/mol. The molecule has 120 valence electrons. The molecule has 0 fully saturated rings. The number of para-hydroxylation sites is 1. The quantitative estimate of drug-likeness (QED) is 0.730. The SMILES string of the molecule is CC(C)c1nc(Sc2nc(C(F)(F)F)nc3ccccc23)n[nH]1. The normalized spacial score (nSPS) is 12.3. The summed E-state index contributed by atoms with van der Waals surface area (Å²) in [5.74, 6) is -0.357. The Balaban J connectivity index is 2.07. The van der Waals surface area contributed by atoms with Crippen molar-refractivity contribution >= 4 is 22.7 Å². The molecule has 0 unspecified atom stereocenters. The number of halogens is 3. The third-order valence-corrected chi connectivity index (χ3v) is 3.91. The van der Waals surface area contributed by atoms with Gasteiger partial charge in [0.25, 0.3) is 0 Å². The van der Waals surface area contributed by atoms with E-state index < -0.39 is 12.0 Å². The van der Waals surface area contributed by atoms with E-state index in [0.29, 0.717) is 16.4 Å². The predicted octanol–water partition coefficient (Wildman–Crippen LogP) is 4.04. The molecule has 3 rings (SSSR count). The lowest BCUT2D eigenvalue weighted by molar-refractivity contribution is -0.145. The predicted molar refractivity (Wildman–Crippen MR) is 79.1 cm³/mol. The molecule has 0 aliphatic carbocycles. The van der Waals surface area contributed by atoms with Gasteiger partial charge in [0, 0.05) is 11.3 Å². The zero-order valence-electron chi connectivity index (χ0n) is 12.2. The van der Waals surface area contributed by atoms with Crippen LogP contribution in [-0.2, 0) is 6.18 Å². The topological polar surface area (TPSA) is 67.3 Å². The number of hydrogen-bond acceptors (Lipinski definition) is 5. The van der Waals surface area contributed by atoms with E-state index in [2.05, 4.69) is 25.1 Å². The van der Waals surface area contributed by atoms with Crippen LogP contribution in [0, 0.1) is 0 Å². The number of nitrogens with zero attached hydrogens (tertiary/aromatic N) is 4. The van der Waals surface area contributed by atoms with E-state index in [9.17, 15) is 13.2 Å². The lowest BCUT2D eigenvalue weighted by atomic mass is 10.2. The molecule has 2 aromatic heterocycles. The summed E-state index contributed by atoms with van der Waals surface area (Å²) >= 11 is 0.981. The monoisotopic (exact) mass is 339 g/mol. The highest BCUT2D eigenvalue weighted by Gasteiger charge is 2.35. The highest BCUT2D eigenvalue weighted by molar-refractivity contribution is 7.99. The minimum Gasteiger partial charge on any atom is -0.262 e. The average Bonchev–Trinajstić information content (AvgIpc) is 2.95. The number of aromatic amines is 1. The van der Waals surface area contributed by atoms with Crippen molar-refractivity contribution in [1.29, 1.82) is 0 Å². The van der Waals surface area contributed by atoms with E-state index in [0.717, 1.165) is 11.8 Å². The van der Waals surface area contributed by atoms with E-state index in [4.69, 9.17) is 0 Å². The van der Waals surface area contributed by atoms with Crippen LogP contribution >= 0.6 is 11.8 Å². The van der Waals surface area contributed by atoms with Crippen LogP contribution in [-0.4, -0.2) is 25.1 Å². The minimum atomic E-state index is -4.61. The third-order valence-electron chi connectivity index (χ3n) is 3.04. The summed E-state index contributed by atoms with van der Waals surface area (Å²) in [6.45, 7) is 3.88. The van der Waals surface area contributed by atoms with Crippen LogP contribution in [0.2, 0.25) is 0 Å². The van der Waals surface area contributed by atoms with Crippen molar-refractivity contribution in [3.63, 3.8) is 0 Å². The molecule has 0 spiro atoms. The summed E-state index contributed by atoms with van der Waals surface area (Å²) in [4.78, 5) is 11.5. The van der Waals surface area contributed by atoms with E-state index in [-0.39, 0.29) is 16.5 Å². The van der Waals surface area contributed by atoms with Crippen molar-refractivity contribution in [2.75, 3.05) is 0 Å². The number of aromatic nitrogens is 5. The zero-order chi connectivity index (χ0) is 16.6. The Morgan fingerprint density at radius 1 is 1.09 bits per heavy atom. The van der Waals surface area contributed by atoms with E-state index in [1.54, 1.807) is 18.2 Å². The molecule has 0 bridgehead atoms. The van der Waals surface area contributed by atoms with Crippen LogP contribution in [0.5, 0.6) is 0 Å². The van der Waals surface area contributed by atoms with Gasteiger partial charge in [-0.05, 0) is 17.8 Å². The van der Waals surface area contributed by atoms with Crippen LogP contribution in [0.15, 0.2) is 34.4 Å². The largest absolute Gasteiger partial charge is 0.451 e. The number of fused-ring (bicyclic) bond motifs is 1. The Labute approximate surface area is 133 Å². The molecule has 0 aliphatic heterocycles. The number of hydrogen-bond donors (Lipinski definition) is 1. The van der Waals surface area contributed by atoms with Gasteiger partial charge >= 0.3 is 6.18 Å². The smallest absolute Gasteiger partial charge is 0.262 e. The molecule has 0 saturated heterocycles. The molecule has 3 aromatic rings. The molecule has 2 heterocycles. The van der Waals surface area contributed by atoms with Crippen LogP contribution in [0.4, 0.5) is 13.2 Å². The van der Waals surface area contributed by atoms with Gasteiger partial charge < -0.3 is 0 Å². The Morgan fingerprint density at radius 3 is 2.48 bits per heavy atom. The first-order valence-corrected chi connectivity index (χ1v) is 7.60. The highest BCUT2D eigenvalue weighted by Crippen LogP contribution is 2.34. The molecule has 1 aromatic carbocycles. The van der Waals surface area contributed by atoms with Gasteiger partial charge in [-0.25, -0.2) is 15.0 Å². The first-order chi connectivity index (χ1) is 10.8. The number of nitrogens with one attached hydrogen (secondary N) is 1. The Kier molecular flexibility index (Phi) is 3.97. The maximum atomic E-state index is 13.0. The summed E-state index contributed by atoms with van der Waals surface area (Å²) < 4.78 is 38.9. The second kappa shape index (κ2) is 5.80. The lowest BCUT2D eigenvalue weighted by Crippen LogP contribution is -2.11. The molecule has 23 heavy (non-hydrogen) atoms. The maximum absolute atomic E-state index is 13.0. The molecule has 9 heteroatoms. The van der Waals surface area contributed by atoms with Gasteiger partial charge in [0.05, 0.1) is 5.52 Å². The van der Waals surface area contributed by atoms with Crippen molar-refractivity contribution in [3.8, 4) is 0 Å². The first kappa shape index (κ1) is 15.7. The van der Waals surface area contributed by atoms with Crippen molar-refractivity contribution in [3.05, 3.63) is 35.9 Å². The summed E-state index contributed by atoms with van der Waals surface area (Å²) in [5, 5.41) is 7.82. The number of rotatable bonds is 3. The molecule has 5 nitrogen and oxygen atoms in total. The number of benzene rings is 1. The molecule has 0 radical (unpaired) electrons. The van der Waals surface area contributed by atoms with E-state index >= 15 is 0 Å². The van der Waals surface area contributed by atoms with Gasteiger partial charge in [-0.1, -0.05) is 32.0 Å². The van der Waals surface area contributed by atoms with Crippen LogP contribution in [0.1, 0.15) is 31.4 Å². The van der Waals surface area contributed by atoms with Crippen LogP contribution in [0.25, 0.3) is 10.9 Å². The average molecular weight is 339 g/mol. The molecule has 1 N–H and O–H groups in total. The molecule has 0 saturated carbocycles. The second-order valence-electron chi connectivity index (χ2n) is 5.13. The van der Waals surface area contributed by atoms with Crippen molar-refractivity contribution in [2.24, 2.45) is 0 Å². The summed E-state index contributed by atoms with van der Waals surface area (Å²) in [6, 6.07) is 6.55. The summed E-state index contributed by atoms with van der Waals surface area (Å²) in [6.07, 6.45) is -4.61. The van der Waals surface area contributed by atoms with Crippen molar-refractivity contribution < 1.29 is 13.2 Å². The second-order valence-corrected chi connectivity index (χ2v) is 6.08. The summed E-state index contributed by atoms with van der Waals surface area (Å²) in [5.41, 5.74) is 0.233. The van der Waals surface area contributed by atoms with Crippen LogP contribution < -0.4 is 0 Å². The fourth-order valence-electron chi connectivity index (χ4n) is 1.90. The van der Waals surface area contributed by atoms with Gasteiger partial charge in [0.1, 0.15) is 10.9 Å². The third kappa shape index (κ3) is 3.29. The van der Waals surface area contributed by atoms with Crippen molar-refractivity contribution in [2.45, 2.75) is 36.1 Å². The molecular formula is C14H12F3N5S. The fraction of sp³-hybridized carbons (Fsp3) is 0.286. The van der Waals surface area contributed by atoms with Gasteiger partial charge in [-0.2, -0.15) is 13.2 Å². The standard InChI is InChI=1S/C14H12F3N5S/c1-7(2)10-19-13(22-21-10)23-11-8-5-3-4-6-9(8)18-12(20-11)14(15,16)17/h3-7H,1-2H3,(H,19,21,22). The minimum absolute atomic E-state index is 0.143. The molecule has 0 aliphatic rings. The van der Waals surface area contributed by atoms with E-state index in [1.165, 1.54) is 6.07 Å². The van der Waals surface area contributed by atoms with Gasteiger partial charge in [0.2, 0.25) is 11.0 Å². The molecule has 0 amide bonds. The van der Waals surface area contributed by atoms with Gasteiger partial charge in [-0.15, -0.1) is 5.10 Å². The Hall–Kier alpha value is -2.16. The van der Waals surface area contributed by atoms with Gasteiger partial charge in [0.15, 0.2) is 0 Å². The molecule has 0 atom stereocenters. The Morgan fingerprint density at radius 2 is 1.83 bits per heavy atom. The number of H-pyrrole nitrogens is 1. The first-order valence-electron chi connectivity index (χ1n) is 6.78. The van der Waals surface area contributed by atoms with Crippen molar-refractivity contribution in [1.82, 2.24) is 25.1 Å². The van der Waals surface area contributed by atoms with E-state index in [1.807, 2.05) is 13.8 Å². The fourth-order valence-corrected chi connectivity index (χ4v) is 2.72. The highest BCUT2D eigenvalue weighted by atomic mass is 32.2. The maximum Gasteiger partial charge on any atom is 0.451 e.